The van der Waals surface area contributed by atoms with Gasteiger partial charge >= 0.3 is 0 Å². The zero-order chi connectivity index (χ0) is 34.2. The van der Waals surface area contributed by atoms with Crippen molar-refractivity contribution >= 4 is 46.6 Å². The number of nitrogens with one attached hydrogen (secondary N) is 1. The number of hydrogen-bond acceptors (Lipinski definition) is 9. The van der Waals surface area contributed by atoms with Crippen LogP contribution in [0.5, 0.6) is 17.2 Å². The second-order valence-electron chi connectivity index (χ2n) is 12.2. The van der Waals surface area contributed by atoms with Crippen LogP contribution in [0, 0.1) is 11.3 Å². The molecule has 1 saturated carbocycles. The smallest absolute Gasteiger partial charge is 0.238 e. The maximum absolute atomic E-state index is 12.8. The number of fused-ring (bicyclic) bond motifs is 3. The Labute approximate surface area is 294 Å². The van der Waals surface area contributed by atoms with Crippen LogP contribution in [0.25, 0.3) is 23.0 Å². The molecule has 1 amide bonds. The van der Waals surface area contributed by atoms with Gasteiger partial charge in [-0.1, -0.05) is 35.4 Å². The number of hydrogen-bond donors (Lipinski definition) is 1. The van der Waals surface area contributed by atoms with Crippen molar-refractivity contribution in [1.82, 2.24) is 19.4 Å². The Bertz CT molecular complexity index is 1970. The molecule has 2 aromatic heterocycles. The lowest BCUT2D eigenvalue weighted by Gasteiger charge is -2.37. The number of imidazole rings is 1. The van der Waals surface area contributed by atoms with E-state index in [0.717, 1.165) is 43.1 Å². The maximum Gasteiger partial charge on any atom is 0.238 e. The Morgan fingerprint density at radius 1 is 0.959 bits per heavy atom. The van der Waals surface area contributed by atoms with Gasteiger partial charge in [-0.3, -0.25) is 14.7 Å². The number of carbonyl (C=O) groups is 1. The molecule has 4 aromatic rings. The van der Waals surface area contributed by atoms with E-state index in [0.29, 0.717) is 61.7 Å². The van der Waals surface area contributed by atoms with Crippen LogP contribution < -0.4 is 24.4 Å². The number of benzene rings is 2. The van der Waals surface area contributed by atoms with Gasteiger partial charge in [-0.05, 0) is 25.0 Å². The quantitative estimate of drug-likeness (QED) is 0.207. The molecule has 1 unspecified atom stereocenters. The zero-order valence-electron chi connectivity index (χ0n) is 27.4. The number of nitriles is 1. The second-order valence-corrected chi connectivity index (χ2v) is 12.9. The molecule has 2 aromatic carbocycles. The monoisotopic (exact) mass is 699 g/mol. The molecule has 13 heteroatoms. The number of rotatable bonds is 9. The summed E-state index contributed by atoms with van der Waals surface area (Å²) in [5.41, 5.74) is 5.05. The normalized spacial score (nSPS) is 17.1. The highest BCUT2D eigenvalue weighted by molar-refractivity contribution is 6.38. The highest BCUT2D eigenvalue weighted by Crippen LogP contribution is 2.47. The number of methoxy groups -OCH3 is 3. The summed E-state index contributed by atoms with van der Waals surface area (Å²) in [6, 6.07) is 10.1. The van der Waals surface area contributed by atoms with Gasteiger partial charge in [-0.2, -0.15) is 5.26 Å². The number of nitrogens with zero attached hydrogens (tertiary/aromatic N) is 6. The molecule has 0 spiro atoms. The molecule has 7 rings (SSSR count). The first-order valence-electron chi connectivity index (χ1n) is 16.0. The Kier molecular flexibility index (Phi) is 9.11. The number of allylic oxidation sites excluding steroid dienone is 1. The number of halogens is 2. The van der Waals surface area contributed by atoms with Crippen LogP contribution >= 0.6 is 23.2 Å². The summed E-state index contributed by atoms with van der Waals surface area (Å²) in [6.45, 7) is 3.55. The summed E-state index contributed by atoms with van der Waals surface area (Å²) >= 11 is 13.7. The number of anilines is 2. The number of carbonyl (C=O) groups excluding carboxylic acids is 1. The van der Waals surface area contributed by atoms with Crippen LogP contribution in [-0.2, 0) is 4.79 Å². The predicted molar refractivity (Wildman–Crippen MR) is 189 cm³/mol. The van der Waals surface area contributed by atoms with Gasteiger partial charge in [0.15, 0.2) is 0 Å². The molecule has 1 atom stereocenters. The summed E-state index contributed by atoms with van der Waals surface area (Å²) in [7, 11) is 4.71. The van der Waals surface area contributed by atoms with Crippen molar-refractivity contribution in [2.24, 2.45) is 0 Å². The van der Waals surface area contributed by atoms with E-state index >= 15 is 0 Å². The number of amides is 1. The first-order chi connectivity index (χ1) is 23.8. The SMILES string of the molecule is COc1cc(N2CCN(C3CC3)CC2)c(NC(=O)CC#N)cc1-c1cc2c(cn1)C=CC(c1c(Cl)c(OC)cc(OC)c1Cl)c1nccn1-2. The Morgan fingerprint density at radius 2 is 1.67 bits per heavy atom. The molecule has 0 radical (unpaired) electrons. The third-order valence-corrected chi connectivity index (χ3v) is 10.1. The third kappa shape index (κ3) is 6.16. The summed E-state index contributed by atoms with van der Waals surface area (Å²) in [5.74, 6) is 1.35. The lowest BCUT2D eigenvalue weighted by Crippen LogP contribution is -2.47. The van der Waals surface area contributed by atoms with Crippen LogP contribution in [0.3, 0.4) is 0 Å². The fourth-order valence-corrected chi connectivity index (χ4v) is 7.45. The molecular formula is C36H35Cl2N7O4. The molecule has 3 aliphatic rings. The van der Waals surface area contributed by atoms with Crippen molar-refractivity contribution in [3.8, 4) is 40.3 Å². The van der Waals surface area contributed by atoms with Crippen molar-refractivity contribution in [2.75, 3.05) is 57.7 Å². The van der Waals surface area contributed by atoms with Crippen molar-refractivity contribution in [3.05, 3.63) is 75.9 Å². The minimum atomic E-state index is -0.439. The summed E-state index contributed by atoms with van der Waals surface area (Å²) < 4.78 is 19.0. The summed E-state index contributed by atoms with van der Waals surface area (Å²) in [4.78, 5) is 27.1. The van der Waals surface area contributed by atoms with Crippen LogP contribution in [0.4, 0.5) is 11.4 Å². The lowest BCUT2D eigenvalue weighted by molar-refractivity contribution is -0.115. The van der Waals surface area contributed by atoms with E-state index in [1.807, 2.05) is 47.2 Å². The van der Waals surface area contributed by atoms with E-state index in [2.05, 4.69) is 15.1 Å². The second kappa shape index (κ2) is 13.6. The number of piperazine rings is 1. The van der Waals surface area contributed by atoms with E-state index in [-0.39, 0.29) is 12.3 Å². The Hall–Kier alpha value is -4.76. The van der Waals surface area contributed by atoms with Crippen molar-refractivity contribution in [1.29, 1.82) is 5.26 Å². The van der Waals surface area contributed by atoms with E-state index in [9.17, 15) is 10.1 Å². The molecule has 2 fully saturated rings. The predicted octanol–water partition coefficient (Wildman–Crippen LogP) is 6.56. The third-order valence-electron chi connectivity index (χ3n) is 9.33. The van der Waals surface area contributed by atoms with Crippen LogP contribution in [0.1, 0.15) is 42.1 Å². The van der Waals surface area contributed by atoms with Gasteiger partial charge in [0.1, 0.15) is 29.5 Å². The zero-order valence-corrected chi connectivity index (χ0v) is 28.9. The molecular weight excluding hydrogens is 665 g/mol. The van der Waals surface area contributed by atoms with Crippen molar-refractivity contribution < 1.29 is 19.0 Å². The molecule has 252 valence electrons. The largest absolute Gasteiger partial charge is 0.496 e. The Morgan fingerprint density at radius 3 is 2.33 bits per heavy atom. The van der Waals surface area contributed by atoms with Crippen LogP contribution in [-0.4, -0.2) is 78.9 Å². The molecule has 1 aliphatic carbocycles. The average Bonchev–Trinajstić information content (AvgIpc) is 3.88. The van der Waals surface area contributed by atoms with Gasteiger partial charge in [0.25, 0.3) is 0 Å². The van der Waals surface area contributed by atoms with Gasteiger partial charge in [0.05, 0.1) is 66.1 Å². The molecule has 49 heavy (non-hydrogen) atoms. The topological polar surface area (TPSA) is 118 Å². The van der Waals surface area contributed by atoms with E-state index in [1.54, 1.807) is 39.8 Å². The molecule has 2 aliphatic heterocycles. The van der Waals surface area contributed by atoms with E-state index in [1.165, 1.54) is 12.8 Å². The molecule has 11 nitrogen and oxygen atoms in total. The molecule has 0 bridgehead atoms. The first-order valence-corrected chi connectivity index (χ1v) is 16.8. The van der Waals surface area contributed by atoms with Gasteiger partial charge in [-0.15, -0.1) is 0 Å². The number of pyridine rings is 1. The highest BCUT2D eigenvalue weighted by atomic mass is 35.5. The molecule has 4 heterocycles. The minimum absolute atomic E-state index is 0.253. The van der Waals surface area contributed by atoms with Crippen LogP contribution in [0.2, 0.25) is 10.0 Å². The first kappa shape index (κ1) is 32.8. The molecule has 1 N–H and O–H groups in total. The van der Waals surface area contributed by atoms with Crippen LogP contribution in [0.15, 0.2) is 48.9 Å². The number of ether oxygens (including phenoxy) is 3. The van der Waals surface area contributed by atoms with Gasteiger partial charge in [0.2, 0.25) is 5.91 Å². The lowest BCUT2D eigenvalue weighted by atomic mass is 9.96. The van der Waals surface area contributed by atoms with E-state index < -0.39 is 5.92 Å². The number of aromatic nitrogens is 3. The van der Waals surface area contributed by atoms with E-state index in [4.69, 9.17) is 47.4 Å². The standard InChI is InChI=1S/C36H35Cl2N7O4/c1-47-29-18-28(44-14-12-43(13-15-44)22-5-6-22)26(42-32(46)8-9-39)16-24(29)25-17-27-21(20-41-25)4-7-23(36-40-10-11-45(27)36)33-34(37)30(48-2)19-31(49-3)35(33)38/h4,7,10-11,16-20,22-23H,5-6,8,12-15H2,1-3H3,(H,42,46). The summed E-state index contributed by atoms with van der Waals surface area (Å²) in [5, 5.41) is 12.9. The maximum atomic E-state index is 12.8. The van der Waals surface area contributed by atoms with Gasteiger partial charge < -0.3 is 29.0 Å². The summed E-state index contributed by atoms with van der Waals surface area (Å²) in [6.07, 6.45) is 11.6. The minimum Gasteiger partial charge on any atom is -0.496 e. The molecule has 1 saturated heterocycles. The fourth-order valence-electron chi connectivity index (χ4n) is 6.71. The average molecular weight is 701 g/mol. The fraction of sp³-hybridized carbons (Fsp3) is 0.333. The van der Waals surface area contributed by atoms with Crippen molar-refractivity contribution in [3.63, 3.8) is 0 Å². The van der Waals surface area contributed by atoms with Gasteiger partial charge in [0, 0.05) is 79.6 Å². The van der Waals surface area contributed by atoms with Gasteiger partial charge in [-0.25, -0.2) is 4.98 Å². The van der Waals surface area contributed by atoms with Crippen molar-refractivity contribution in [2.45, 2.75) is 31.2 Å². The highest BCUT2D eigenvalue weighted by Gasteiger charge is 2.33. The Balaban J connectivity index is 1.30.